The molecular weight excluding hydrogens is 605 g/mol. The molecular formula is C31H47ClN5O6P. The van der Waals surface area contributed by atoms with Crippen LogP contribution in [0.2, 0.25) is 5.28 Å². The van der Waals surface area contributed by atoms with E-state index in [0.717, 1.165) is 37.4 Å². The predicted molar refractivity (Wildman–Crippen MR) is 178 cm³/mol. The lowest BCUT2D eigenvalue weighted by Gasteiger charge is -2.18. The molecule has 244 valence electrons. The van der Waals surface area contributed by atoms with Crippen LogP contribution in [0, 0.1) is 17.8 Å². The summed E-state index contributed by atoms with van der Waals surface area (Å²) < 4.78 is 27.2. The molecule has 1 aromatic carbocycles. The molecule has 13 heteroatoms. The van der Waals surface area contributed by atoms with Crippen molar-refractivity contribution in [3.8, 4) is 12.3 Å². The fourth-order valence-corrected chi connectivity index (χ4v) is 4.99. The van der Waals surface area contributed by atoms with Crippen LogP contribution in [-0.4, -0.2) is 107 Å². The summed E-state index contributed by atoms with van der Waals surface area (Å²) in [6, 6.07) is 8.34. The summed E-state index contributed by atoms with van der Waals surface area (Å²) in [6.45, 7) is 6.97. The molecule has 0 spiro atoms. The summed E-state index contributed by atoms with van der Waals surface area (Å²) in [5.41, 5.74) is 2.84. The van der Waals surface area contributed by atoms with E-state index < -0.39 is 8.15 Å². The van der Waals surface area contributed by atoms with E-state index >= 15 is 0 Å². The van der Waals surface area contributed by atoms with Gasteiger partial charge in [0.25, 0.3) is 0 Å². The lowest BCUT2D eigenvalue weighted by atomic mass is 10.1. The second kappa shape index (κ2) is 23.9. The van der Waals surface area contributed by atoms with Gasteiger partial charge < -0.3 is 44.6 Å². The maximum absolute atomic E-state index is 9.61. The Kier molecular flexibility index (Phi) is 20.5. The number of benzene rings is 1. The van der Waals surface area contributed by atoms with Gasteiger partial charge in [-0.15, -0.1) is 6.42 Å². The maximum Gasteiger partial charge on any atom is 0.226 e. The summed E-state index contributed by atoms with van der Waals surface area (Å²) in [6.07, 6.45) is 10.4. The molecule has 0 saturated heterocycles. The van der Waals surface area contributed by atoms with E-state index in [0.29, 0.717) is 83.1 Å². The van der Waals surface area contributed by atoms with Crippen LogP contribution < -0.4 is 10.6 Å². The molecule has 0 saturated carbocycles. The van der Waals surface area contributed by atoms with Crippen LogP contribution >= 0.6 is 19.7 Å². The number of aryl methyl sites for hydroxylation is 1. The molecule has 11 nitrogen and oxygen atoms in total. The zero-order valence-corrected chi connectivity index (χ0v) is 27.5. The minimum absolute atomic E-state index is 0.0261. The highest BCUT2D eigenvalue weighted by atomic mass is 35.5. The molecule has 2 unspecified atom stereocenters. The van der Waals surface area contributed by atoms with Crippen molar-refractivity contribution in [3.05, 3.63) is 46.2 Å². The minimum atomic E-state index is -0.946. The molecule has 0 bridgehead atoms. The van der Waals surface area contributed by atoms with Crippen molar-refractivity contribution >= 4 is 37.6 Å². The molecule has 0 aliphatic heterocycles. The second-order valence-corrected chi connectivity index (χ2v) is 12.0. The Morgan fingerprint density at radius 1 is 1.00 bits per heavy atom. The van der Waals surface area contributed by atoms with Gasteiger partial charge in [-0.2, -0.15) is 9.97 Å². The highest BCUT2D eigenvalue weighted by molar-refractivity contribution is 7.50. The summed E-state index contributed by atoms with van der Waals surface area (Å²) in [7, 11) is 0.730. The van der Waals surface area contributed by atoms with Crippen LogP contribution in [0.4, 0.5) is 11.6 Å². The van der Waals surface area contributed by atoms with E-state index in [1.165, 1.54) is 11.8 Å². The number of anilines is 2. The summed E-state index contributed by atoms with van der Waals surface area (Å²) >= 11 is 6.23. The first-order chi connectivity index (χ1) is 21.5. The smallest absolute Gasteiger partial charge is 0.226 e. The average Bonchev–Trinajstić information content (AvgIpc) is 3.01. The normalized spacial score (nSPS) is 12.4. The Bertz CT molecular complexity index is 1120. The first-order valence-corrected chi connectivity index (χ1v) is 17.1. The van der Waals surface area contributed by atoms with Crippen LogP contribution in [0.15, 0.2) is 24.3 Å². The number of methoxy groups -OCH3 is 1. The lowest BCUT2D eigenvalue weighted by molar-refractivity contribution is 0.00110. The number of rotatable bonds is 26. The van der Waals surface area contributed by atoms with Crippen LogP contribution in [0.25, 0.3) is 0 Å². The molecule has 0 aliphatic carbocycles. The number of nitrogens with one attached hydrogen (secondary N) is 3. The number of hydrogen-bond donors (Lipinski definition) is 4. The Hall–Kier alpha value is -2.39. The molecule has 0 aliphatic rings. The quantitative estimate of drug-likeness (QED) is 0.0375. The third kappa shape index (κ3) is 16.6. The first-order valence-electron chi connectivity index (χ1n) is 14.8. The maximum atomic E-state index is 9.61. The van der Waals surface area contributed by atoms with Crippen molar-refractivity contribution in [2.45, 2.75) is 38.3 Å². The minimum Gasteiger partial charge on any atom is -0.381 e. The van der Waals surface area contributed by atoms with E-state index in [9.17, 15) is 4.89 Å². The number of terminal acetylenes is 1. The standard InChI is InChI=1S/C31H47ClN5O6P/c1-4-13-40-15-17-42-19-20-43-18-16-41-14-6-9-25-7-5-8-26(22-25)24-35-30-28(23-33)29(36-31(32)37-30)34-12-10-27(39-2)11-21-44(3)38/h1,5,7-8,22-23,27,33,38H,6,9-21,24H2,2-3H3,(H2,34,35,36,37). The third-order valence-electron chi connectivity index (χ3n) is 6.44. The number of halogens is 1. The Balaban J connectivity index is 1.71. The Morgan fingerprint density at radius 2 is 1.64 bits per heavy atom. The van der Waals surface area contributed by atoms with E-state index in [1.807, 2.05) is 18.8 Å². The molecule has 0 fully saturated rings. The van der Waals surface area contributed by atoms with Gasteiger partial charge in [0.2, 0.25) is 5.28 Å². The van der Waals surface area contributed by atoms with Crippen molar-refractivity contribution in [3.63, 3.8) is 0 Å². The van der Waals surface area contributed by atoms with Crippen molar-refractivity contribution in [2.75, 3.05) is 90.0 Å². The van der Waals surface area contributed by atoms with E-state index in [2.05, 4.69) is 38.7 Å². The van der Waals surface area contributed by atoms with Crippen LogP contribution in [-0.2, 0) is 36.6 Å². The van der Waals surface area contributed by atoms with Crippen LogP contribution in [0.3, 0.4) is 0 Å². The molecule has 2 aromatic rings. The van der Waals surface area contributed by atoms with Gasteiger partial charge in [-0.1, -0.05) is 30.2 Å². The predicted octanol–water partition coefficient (Wildman–Crippen LogP) is 4.60. The lowest BCUT2D eigenvalue weighted by Crippen LogP contribution is -2.18. The molecule has 0 radical (unpaired) electrons. The van der Waals surface area contributed by atoms with Gasteiger partial charge in [-0.05, 0) is 61.2 Å². The Morgan fingerprint density at radius 3 is 2.27 bits per heavy atom. The fraction of sp³-hybridized carbons (Fsp3) is 0.581. The van der Waals surface area contributed by atoms with Gasteiger partial charge in [-0.3, -0.25) is 0 Å². The molecule has 0 amide bonds. The third-order valence-corrected chi connectivity index (χ3v) is 7.51. The van der Waals surface area contributed by atoms with Crippen molar-refractivity contribution in [1.29, 1.82) is 5.41 Å². The second-order valence-electron chi connectivity index (χ2n) is 9.86. The summed E-state index contributed by atoms with van der Waals surface area (Å²) in [5, 5.41) is 14.6. The van der Waals surface area contributed by atoms with Gasteiger partial charge >= 0.3 is 0 Å². The van der Waals surface area contributed by atoms with Crippen molar-refractivity contribution in [2.24, 2.45) is 0 Å². The van der Waals surface area contributed by atoms with Gasteiger partial charge in [0.1, 0.15) is 18.2 Å². The van der Waals surface area contributed by atoms with Gasteiger partial charge in [0, 0.05) is 41.2 Å². The molecule has 1 aromatic heterocycles. The van der Waals surface area contributed by atoms with E-state index in [-0.39, 0.29) is 11.4 Å². The first kappa shape index (κ1) is 37.8. The average molecular weight is 652 g/mol. The SMILES string of the molecule is C#CCOCCOCCOCCOCCCc1cccc(CNc2nc(Cl)nc(NCCC(CCP(C)O)OC)c2C=N)c1. The molecule has 2 atom stereocenters. The summed E-state index contributed by atoms with van der Waals surface area (Å²) in [5.74, 6) is 3.39. The molecule has 44 heavy (non-hydrogen) atoms. The van der Waals surface area contributed by atoms with Gasteiger partial charge in [0.05, 0.1) is 51.3 Å². The molecule has 2 rings (SSSR count). The molecule has 4 N–H and O–H groups in total. The van der Waals surface area contributed by atoms with Crippen LogP contribution in [0.5, 0.6) is 0 Å². The number of hydrogen-bond acceptors (Lipinski definition) is 11. The molecule has 1 heterocycles. The van der Waals surface area contributed by atoms with Crippen LogP contribution in [0.1, 0.15) is 36.0 Å². The number of aromatic nitrogens is 2. The topological polar surface area (TPSA) is 140 Å². The van der Waals surface area contributed by atoms with Gasteiger partial charge in [0.15, 0.2) is 0 Å². The van der Waals surface area contributed by atoms with Crippen molar-refractivity contribution < 1.29 is 28.6 Å². The monoisotopic (exact) mass is 651 g/mol. The van der Waals surface area contributed by atoms with Crippen molar-refractivity contribution in [1.82, 2.24) is 9.97 Å². The summed E-state index contributed by atoms with van der Waals surface area (Å²) in [4.78, 5) is 18.2. The highest BCUT2D eigenvalue weighted by Crippen LogP contribution is 2.26. The Labute approximate surface area is 268 Å². The highest BCUT2D eigenvalue weighted by Gasteiger charge is 2.14. The zero-order chi connectivity index (χ0) is 31.8. The van der Waals surface area contributed by atoms with E-state index in [1.54, 1.807) is 7.11 Å². The number of nitrogens with zero attached hydrogens (tertiary/aromatic N) is 2. The fourth-order valence-electron chi connectivity index (χ4n) is 4.16. The number of ether oxygens (including phenoxy) is 5. The van der Waals surface area contributed by atoms with E-state index in [4.69, 9.17) is 47.1 Å². The largest absolute Gasteiger partial charge is 0.381 e. The van der Waals surface area contributed by atoms with Gasteiger partial charge in [-0.25, -0.2) is 0 Å². The zero-order valence-electron chi connectivity index (χ0n) is 25.9.